The molecule has 4 rings (SSSR count). The molecule has 2 aliphatic rings. The third kappa shape index (κ3) is 4.70. The number of hydrogen-bond acceptors (Lipinski definition) is 4. The van der Waals surface area contributed by atoms with Crippen molar-refractivity contribution in [1.82, 2.24) is 19.6 Å². The third-order valence-electron chi connectivity index (χ3n) is 7.48. The van der Waals surface area contributed by atoms with Gasteiger partial charge in [0.05, 0.1) is 5.69 Å². The molecule has 3 heterocycles. The van der Waals surface area contributed by atoms with E-state index in [1.54, 1.807) is 0 Å². The molecular weight excluding hydrogens is 398 g/mol. The van der Waals surface area contributed by atoms with E-state index in [0.717, 1.165) is 43.0 Å². The fourth-order valence-corrected chi connectivity index (χ4v) is 5.79. The van der Waals surface area contributed by atoms with Gasteiger partial charge in [0.15, 0.2) is 0 Å². The van der Waals surface area contributed by atoms with Crippen molar-refractivity contribution >= 4 is 11.6 Å². The van der Waals surface area contributed by atoms with Crippen molar-refractivity contribution in [2.75, 3.05) is 18.4 Å². The highest BCUT2D eigenvalue weighted by molar-refractivity contribution is 5.77. The average molecular weight is 438 g/mol. The lowest BCUT2D eigenvalue weighted by molar-refractivity contribution is -0.132. The highest BCUT2D eigenvalue weighted by atomic mass is 16.2. The zero-order valence-electron chi connectivity index (χ0n) is 20.4. The van der Waals surface area contributed by atoms with Crippen molar-refractivity contribution in [2.24, 2.45) is 7.05 Å². The van der Waals surface area contributed by atoms with Crippen molar-refractivity contribution in [3.05, 3.63) is 46.8 Å². The lowest BCUT2D eigenvalue weighted by Crippen LogP contribution is -2.48. The zero-order valence-corrected chi connectivity index (χ0v) is 20.4. The Kier molecular flexibility index (Phi) is 6.89. The number of hydrogen-bond donors (Lipinski definition) is 1. The van der Waals surface area contributed by atoms with Crippen LogP contribution in [0.2, 0.25) is 0 Å². The van der Waals surface area contributed by atoms with E-state index in [9.17, 15) is 4.79 Å². The predicted octanol–water partition coefficient (Wildman–Crippen LogP) is 4.06. The summed E-state index contributed by atoms with van der Waals surface area (Å²) in [6, 6.07) is 10.0. The molecule has 2 atom stereocenters. The molecule has 2 bridgehead atoms. The van der Waals surface area contributed by atoms with Crippen molar-refractivity contribution in [3.63, 3.8) is 0 Å². The van der Waals surface area contributed by atoms with Gasteiger partial charge in [-0.1, -0.05) is 18.2 Å². The Morgan fingerprint density at radius 3 is 2.62 bits per heavy atom. The van der Waals surface area contributed by atoms with Crippen molar-refractivity contribution in [1.29, 1.82) is 0 Å². The van der Waals surface area contributed by atoms with Crippen LogP contribution in [0.5, 0.6) is 0 Å². The number of rotatable bonds is 4. The summed E-state index contributed by atoms with van der Waals surface area (Å²) in [5, 5.41) is 8.19. The Morgan fingerprint density at radius 2 is 1.91 bits per heavy atom. The Labute approximate surface area is 193 Å². The van der Waals surface area contributed by atoms with E-state index in [0.29, 0.717) is 31.1 Å². The summed E-state index contributed by atoms with van der Waals surface area (Å²) >= 11 is 0. The van der Waals surface area contributed by atoms with E-state index in [-0.39, 0.29) is 5.91 Å². The molecule has 1 amide bonds. The molecule has 0 saturated carbocycles. The zero-order chi connectivity index (χ0) is 22.8. The third-order valence-corrected chi connectivity index (χ3v) is 7.48. The van der Waals surface area contributed by atoms with Crippen LogP contribution in [0.3, 0.4) is 0 Å². The second-order valence-corrected chi connectivity index (χ2v) is 9.85. The molecule has 1 fully saturated rings. The van der Waals surface area contributed by atoms with Gasteiger partial charge in [-0.3, -0.25) is 14.4 Å². The number of para-hydroxylation sites is 1. The molecule has 32 heavy (non-hydrogen) atoms. The van der Waals surface area contributed by atoms with E-state index >= 15 is 0 Å². The molecule has 6 nitrogen and oxygen atoms in total. The van der Waals surface area contributed by atoms with Gasteiger partial charge >= 0.3 is 0 Å². The lowest BCUT2D eigenvalue weighted by atomic mass is 10.1. The largest absolute Gasteiger partial charge is 0.385 e. The summed E-state index contributed by atoms with van der Waals surface area (Å²) in [7, 11) is 1.97. The number of aryl methyl sites for hydroxylation is 2. The minimum absolute atomic E-state index is 0.244. The summed E-state index contributed by atoms with van der Waals surface area (Å²) in [4.78, 5) is 18.4. The number of nitrogens with zero attached hydrogens (tertiary/aromatic N) is 4. The first kappa shape index (κ1) is 22.8. The fraction of sp³-hybridized carbons (Fsp3) is 0.615. The maximum Gasteiger partial charge on any atom is 0.223 e. The highest BCUT2D eigenvalue weighted by Crippen LogP contribution is 2.31. The van der Waals surface area contributed by atoms with Crippen LogP contribution >= 0.6 is 0 Å². The minimum atomic E-state index is 0.244. The summed E-state index contributed by atoms with van der Waals surface area (Å²) in [5.41, 5.74) is 5.79. The second-order valence-electron chi connectivity index (χ2n) is 9.85. The van der Waals surface area contributed by atoms with Gasteiger partial charge in [-0.15, -0.1) is 0 Å². The molecular formula is C26H39N5O. The van der Waals surface area contributed by atoms with Gasteiger partial charge in [-0.05, 0) is 70.6 Å². The Balaban J connectivity index is 1.58. The monoisotopic (exact) mass is 437 g/mol. The van der Waals surface area contributed by atoms with Crippen LogP contribution in [-0.2, 0) is 24.8 Å². The van der Waals surface area contributed by atoms with Crippen LogP contribution in [0.25, 0.3) is 0 Å². The average Bonchev–Trinajstić information content (AvgIpc) is 3.25. The minimum Gasteiger partial charge on any atom is -0.385 e. The fourth-order valence-electron chi connectivity index (χ4n) is 5.79. The molecule has 1 aromatic carbocycles. The SMILES string of the molecule is Cc1nn(C)c(C)c1CCC(=O)N1Cc2ccccc2NCC[C@H]2CC[C@@H](C1)N2C(C)C. The number of carbonyl (C=O) groups excluding carboxylic acids is 1. The number of fused-ring (bicyclic) bond motifs is 3. The maximum absolute atomic E-state index is 13.6. The molecule has 1 saturated heterocycles. The molecule has 2 aromatic rings. The van der Waals surface area contributed by atoms with E-state index in [1.165, 1.54) is 24.0 Å². The molecule has 0 spiro atoms. The normalized spacial score (nSPS) is 21.9. The summed E-state index contributed by atoms with van der Waals surface area (Å²) in [5.74, 6) is 0.244. The first-order chi connectivity index (χ1) is 15.3. The van der Waals surface area contributed by atoms with Crippen LogP contribution in [0.1, 0.15) is 62.0 Å². The second kappa shape index (κ2) is 9.65. The van der Waals surface area contributed by atoms with Crippen LogP contribution in [0.4, 0.5) is 5.69 Å². The van der Waals surface area contributed by atoms with Gasteiger partial charge in [-0.25, -0.2) is 0 Å². The van der Waals surface area contributed by atoms with Gasteiger partial charge in [0.25, 0.3) is 0 Å². The Hall–Kier alpha value is -2.34. The molecule has 1 aromatic heterocycles. The van der Waals surface area contributed by atoms with Gasteiger partial charge in [0.1, 0.15) is 0 Å². The first-order valence-corrected chi connectivity index (χ1v) is 12.2. The maximum atomic E-state index is 13.6. The highest BCUT2D eigenvalue weighted by Gasteiger charge is 2.36. The van der Waals surface area contributed by atoms with E-state index in [2.05, 4.69) is 65.3 Å². The van der Waals surface area contributed by atoms with Gasteiger partial charge in [0.2, 0.25) is 5.91 Å². The number of anilines is 1. The molecule has 1 N–H and O–H groups in total. The van der Waals surface area contributed by atoms with Gasteiger partial charge < -0.3 is 10.2 Å². The summed E-state index contributed by atoms with van der Waals surface area (Å²) < 4.78 is 1.92. The topological polar surface area (TPSA) is 53.4 Å². The molecule has 6 heteroatoms. The van der Waals surface area contributed by atoms with Crippen LogP contribution in [0, 0.1) is 13.8 Å². The Bertz CT molecular complexity index is 950. The van der Waals surface area contributed by atoms with E-state index < -0.39 is 0 Å². The summed E-state index contributed by atoms with van der Waals surface area (Å²) in [6.07, 6.45) is 4.83. The molecule has 0 unspecified atom stereocenters. The van der Waals surface area contributed by atoms with Crippen molar-refractivity contribution < 1.29 is 4.79 Å². The summed E-state index contributed by atoms with van der Waals surface area (Å²) in [6.45, 7) is 11.2. The van der Waals surface area contributed by atoms with Crippen molar-refractivity contribution in [3.8, 4) is 0 Å². The van der Waals surface area contributed by atoms with Crippen LogP contribution in [-0.4, -0.2) is 56.7 Å². The Morgan fingerprint density at radius 1 is 1.16 bits per heavy atom. The van der Waals surface area contributed by atoms with E-state index in [1.807, 2.05) is 18.7 Å². The molecule has 2 aliphatic heterocycles. The van der Waals surface area contributed by atoms with Gasteiger partial charge in [0, 0.05) is 62.6 Å². The predicted molar refractivity (Wildman–Crippen MR) is 130 cm³/mol. The van der Waals surface area contributed by atoms with E-state index in [4.69, 9.17) is 0 Å². The number of amides is 1. The lowest BCUT2D eigenvalue weighted by Gasteiger charge is -2.36. The number of benzene rings is 1. The standard InChI is InChI=1S/C26H39N5O/c1-18(2)31-22-10-11-23(31)17-30(16-21-8-6-7-9-25(21)27-15-14-22)26(32)13-12-24-19(3)28-29(5)20(24)4/h6-9,18,22-23,27H,10-17H2,1-5H3/t22-,23+/m1/s1. The quantitative estimate of drug-likeness (QED) is 0.784. The number of aromatic nitrogens is 2. The molecule has 0 aliphatic carbocycles. The van der Waals surface area contributed by atoms with Crippen LogP contribution < -0.4 is 5.32 Å². The number of nitrogens with one attached hydrogen (secondary N) is 1. The van der Waals surface area contributed by atoms with Gasteiger partial charge in [-0.2, -0.15) is 5.10 Å². The number of carbonyl (C=O) groups is 1. The smallest absolute Gasteiger partial charge is 0.223 e. The van der Waals surface area contributed by atoms with Crippen molar-refractivity contribution in [2.45, 2.75) is 84.5 Å². The molecule has 174 valence electrons. The molecule has 0 radical (unpaired) electrons. The first-order valence-electron chi connectivity index (χ1n) is 12.2. The van der Waals surface area contributed by atoms with Crippen LogP contribution in [0.15, 0.2) is 24.3 Å².